The van der Waals surface area contributed by atoms with Gasteiger partial charge in [0.15, 0.2) is 0 Å². The van der Waals surface area contributed by atoms with E-state index < -0.39 is 0 Å². The molecule has 0 heterocycles. The fourth-order valence-electron chi connectivity index (χ4n) is 2.80. The summed E-state index contributed by atoms with van der Waals surface area (Å²) in [5, 5.41) is 10.7. The maximum Gasteiger partial charge on any atom is 0.122 e. The van der Waals surface area contributed by atoms with Gasteiger partial charge >= 0.3 is 0 Å². The minimum Gasteiger partial charge on any atom is -0.507 e. The van der Waals surface area contributed by atoms with E-state index in [1.165, 1.54) is 11.1 Å². The van der Waals surface area contributed by atoms with Gasteiger partial charge in [-0.15, -0.1) is 0 Å². The monoisotopic (exact) mass is 296 g/mol. The van der Waals surface area contributed by atoms with Crippen molar-refractivity contribution in [2.24, 2.45) is 0 Å². The molecule has 0 aromatic heterocycles. The molecule has 0 aliphatic carbocycles. The maximum atomic E-state index is 10.7. The van der Waals surface area contributed by atoms with Crippen LogP contribution >= 0.6 is 0 Å². The highest BCUT2D eigenvalue weighted by Crippen LogP contribution is 2.39. The van der Waals surface area contributed by atoms with Crippen LogP contribution in [0.3, 0.4) is 0 Å². The second-order valence-corrected chi connectivity index (χ2v) is 7.14. The molecule has 2 rings (SSSR count). The van der Waals surface area contributed by atoms with Crippen molar-refractivity contribution in [1.82, 2.24) is 0 Å². The zero-order valence-corrected chi connectivity index (χ0v) is 14.5. The van der Waals surface area contributed by atoms with Gasteiger partial charge in [-0.05, 0) is 40.9 Å². The van der Waals surface area contributed by atoms with Crippen LogP contribution in [0.4, 0.5) is 0 Å². The van der Waals surface area contributed by atoms with Crippen LogP contribution in [-0.4, -0.2) is 5.11 Å². The van der Waals surface area contributed by atoms with Crippen LogP contribution in [0.5, 0.6) is 5.75 Å². The van der Waals surface area contributed by atoms with Crippen molar-refractivity contribution in [3.05, 3.63) is 64.7 Å². The number of benzene rings is 2. The summed E-state index contributed by atoms with van der Waals surface area (Å²) in [6.07, 6.45) is 1.92. The van der Waals surface area contributed by atoms with Gasteiger partial charge in [-0.2, -0.15) is 0 Å². The molecule has 0 atom stereocenters. The van der Waals surface area contributed by atoms with E-state index in [0.717, 1.165) is 24.0 Å². The predicted octanol–water partition coefficient (Wildman–Crippen LogP) is 5.79. The number of phenols is 1. The first-order chi connectivity index (χ1) is 10.3. The van der Waals surface area contributed by atoms with Gasteiger partial charge < -0.3 is 5.11 Å². The van der Waals surface area contributed by atoms with E-state index in [1.807, 2.05) is 6.07 Å². The topological polar surface area (TPSA) is 20.2 Å². The highest BCUT2D eigenvalue weighted by Gasteiger charge is 2.25. The van der Waals surface area contributed by atoms with Gasteiger partial charge in [-0.25, -0.2) is 0 Å². The standard InChI is InChI=1S/C21H28O/c1-6-21(4,5)19-14-17(12-16-10-8-7-9-11-16)13-18(15(2)3)20(19)22/h7-11,13-15,22H,6,12H2,1-5H3. The molecule has 2 aromatic carbocycles. The normalized spacial score (nSPS) is 11.9. The molecule has 0 radical (unpaired) electrons. The number of aromatic hydroxyl groups is 1. The van der Waals surface area contributed by atoms with Crippen LogP contribution in [0.2, 0.25) is 0 Å². The molecule has 2 aromatic rings. The van der Waals surface area contributed by atoms with Crippen molar-refractivity contribution in [1.29, 1.82) is 0 Å². The SMILES string of the molecule is CCC(C)(C)c1cc(Cc2ccccc2)cc(C(C)C)c1O. The van der Waals surface area contributed by atoms with Crippen LogP contribution in [0, 0.1) is 0 Å². The Balaban J connectivity index is 2.51. The lowest BCUT2D eigenvalue weighted by Gasteiger charge is -2.27. The molecule has 22 heavy (non-hydrogen) atoms. The molecule has 0 aliphatic heterocycles. The second kappa shape index (κ2) is 6.56. The summed E-state index contributed by atoms with van der Waals surface area (Å²) >= 11 is 0. The van der Waals surface area contributed by atoms with E-state index in [9.17, 15) is 5.11 Å². The van der Waals surface area contributed by atoms with Crippen LogP contribution in [0.15, 0.2) is 42.5 Å². The van der Waals surface area contributed by atoms with Crippen LogP contribution < -0.4 is 0 Å². The number of hydrogen-bond donors (Lipinski definition) is 1. The van der Waals surface area contributed by atoms with Gasteiger partial charge in [0.05, 0.1) is 0 Å². The zero-order chi connectivity index (χ0) is 16.3. The van der Waals surface area contributed by atoms with Gasteiger partial charge in [0.25, 0.3) is 0 Å². The van der Waals surface area contributed by atoms with E-state index in [1.54, 1.807) is 0 Å². The molecule has 0 fully saturated rings. The lowest BCUT2D eigenvalue weighted by atomic mass is 9.78. The molecule has 1 nitrogen and oxygen atoms in total. The van der Waals surface area contributed by atoms with E-state index in [-0.39, 0.29) is 5.41 Å². The molecular weight excluding hydrogens is 268 g/mol. The summed E-state index contributed by atoms with van der Waals surface area (Å²) in [5.74, 6) is 0.806. The molecule has 0 saturated carbocycles. The van der Waals surface area contributed by atoms with Crippen molar-refractivity contribution < 1.29 is 5.11 Å². The summed E-state index contributed by atoms with van der Waals surface area (Å²) in [5.41, 5.74) is 4.71. The summed E-state index contributed by atoms with van der Waals surface area (Å²) in [7, 11) is 0. The molecule has 0 aliphatic rings. The van der Waals surface area contributed by atoms with Crippen LogP contribution in [0.1, 0.15) is 69.2 Å². The molecule has 0 amide bonds. The Morgan fingerprint density at radius 2 is 1.64 bits per heavy atom. The van der Waals surface area contributed by atoms with Gasteiger partial charge in [0.2, 0.25) is 0 Å². The summed E-state index contributed by atoms with van der Waals surface area (Å²) in [6, 6.07) is 14.9. The quantitative estimate of drug-likeness (QED) is 0.740. The maximum absolute atomic E-state index is 10.7. The van der Waals surface area contributed by atoms with Crippen LogP contribution in [0.25, 0.3) is 0 Å². The molecule has 1 heteroatoms. The van der Waals surface area contributed by atoms with Gasteiger partial charge in [-0.3, -0.25) is 0 Å². The Kier molecular flexibility index (Phi) is 4.95. The average Bonchev–Trinajstić information content (AvgIpc) is 2.49. The summed E-state index contributed by atoms with van der Waals surface area (Å²) < 4.78 is 0. The average molecular weight is 296 g/mol. The number of hydrogen-bond acceptors (Lipinski definition) is 1. The van der Waals surface area contributed by atoms with Crippen molar-refractivity contribution in [2.75, 3.05) is 0 Å². The summed E-state index contributed by atoms with van der Waals surface area (Å²) in [6.45, 7) is 10.9. The highest BCUT2D eigenvalue weighted by atomic mass is 16.3. The lowest BCUT2D eigenvalue weighted by molar-refractivity contribution is 0.421. The van der Waals surface area contributed by atoms with Crippen molar-refractivity contribution in [3.8, 4) is 5.75 Å². The van der Waals surface area contributed by atoms with Crippen molar-refractivity contribution >= 4 is 0 Å². The third kappa shape index (κ3) is 3.52. The van der Waals surface area contributed by atoms with Gasteiger partial charge in [0.1, 0.15) is 5.75 Å². The fraction of sp³-hybridized carbons (Fsp3) is 0.429. The van der Waals surface area contributed by atoms with E-state index in [2.05, 4.69) is 71.0 Å². The Bertz CT molecular complexity index is 624. The minimum absolute atomic E-state index is 0.0135. The first-order valence-corrected chi connectivity index (χ1v) is 8.25. The molecular formula is C21H28O. The van der Waals surface area contributed by atoms with E-state index in [0.29, 0.717) is 11.7 Å². The largest absolute Gasteiger partial charge is 0.507 e. The van der Waals surface area contributed by atoms with E-state index >= 15 is 0 Å². The Labute approximate surface area is 135 Å². The first kappa shape index (κ1) is 16.6. The number of rotatable bonds is 5. The molecule has 118 valence electrons. The van der Waals surface area contributed by atoms with Gasteiger partial charge in [-0.1, -0.05) is 77.1 Å². The molecule has 0 saturated heterocycles. The number of phenolic OH excluding ortho intramolecular Hbond substituents is 1. The Morgan fingerprint density at radius 3 is 2.18 bits per heavy atom. The second-order valence-electron chi connectivity index (χ2n) is 7.14. The van der Waals surface area contributed by atoms with E-state index in [4.69, 9.17) is 0 Å². The predicted molar refractivity (Wildman–Crippen MR) is 94.8 cm³/mol. The molecule has 0 unspecified atom stereocenters. The third-order valence-electron chi connectivity index (χ3n) is 4.69. The van der Waals surface area contributed by atoms with Gasteiger partial charge in [0, 0.05) is 5.56 Å². The fourth-order valence-corrected chi connectivity index (χ4v) is 2.80. The Morgan fingerprint density at radius 1 is 1.00 bits per heavy atom. The first-order valence-electron chi connectivity index (χ1n) is 8.25. The van der Waals surface area contributed by atoms with Crippen molar-refractivity contribution in [2.45, 2.75) is 58.8 Å². The lowest BCUT2D eigenvalue weighted by Crippen LogP contribution is -2.17. The minimum atomic E-state index is -0.0135. The third-order valence-corrected chi connectivity index (χ3v) is 4.69. The summed E-state index contributed by atoms with van der Waals surface area (Å²) in [4.78, 5) is 0. The zero-order valence-electron chi connectivity index (χ0n) is 14.5. The van der Waals surface area contributed by atoms with Crippen LogP contribution in [-0.2, 0) is 11.8 Å². The molecule has 0 spiro atoms. The van der Waals surface area contributed by atoms with Crippen molar-refractivity contribution in [3.63, 3.8) is 0 Å². The highest BCUT2D eigenvalue weighted by molar-refractivity contribution is 5.49. The molecule has 0 bridgehead atoms. The molecule has 1 N–H and O–H groups in total. The smallest absolute Gasteiger partial charge is 0.122 e. The Hall–Kier alpha value is -1.76.